The number of quaternary nitrogens is 1. The minimum Gasteiger partial charge on any atom is -0.330 e. The van der Waals surface area contributed by atoms with Gasteiger partial charge in [0.25, 0.3) is 5.91 Å². The van der Waals surface area contributed by atoms with E-state index < -0.39 is 0 Å². The summed E-state index contributed by atoms with van der Waals surface area (Å²) < 4.78 is 0. The maximum atomic E-state index is 12.4. The van der Waals surface area contributed by atoms with Crippen LogP contribution in [-0.4, -0.2) is 11.9 Å². The monoisotopic (exact) mass is 309 g/mol. The molecular formula is C20H25N2O+. The van der Waals surface area contributed by atoms with E-state index in [1.54, 1.807) is 0 Å². The van der Waals surface area contributed by atoms with E-state index >= 15 is 0 Å². The number of carbonyl (C=O) groups excluding carboxylic acids is 1. The average Bonchev–Trinajstić information content (AvgIpc) is 2.57. The van der Waals surface area contributed by atoms with E-state index in [9.17, 15) is 4.79 Å². The zero-order valence-electron chi connectivity index (χ0n) is 13.9. The molecule has 3 nitrogen and oxygen atoms in total. The van der Waals surface area contributed by atoms with Crippen LogP contribution < -0.4 is 10.6 Å². The molecular weight excluding hydrogens is 284 g/mol. The molecule has 1 aliphatic carbocycles. The first-order valence-electron chi connectivity index (χ1n) is 8.44. The average molecular weight is 309 g/mol. The Morgan fingerprint density at radius 2 is 1.91 bits per heavy atom. The summed E-state index contributed by atoms with van der Waals surface area (Å²) in [5.41, 5.74) is 4.89. The molecule has 2 aromatic carbocycles. The van der Waals surface area contributed by atoms with Crippen LogP contribution in [0.5, 0.6) is 0 Å². The molecule has 0 bridgehead atoms. The number of amides is 1. The van der Waals surface area contributed by atoms with E-state index in [0.29, 0.717) is 6.04 Å². The topological polar surface area (TPSA) is 45.7 Å². The molecule has 3 heteroatoms. The molecule has 120 valence electrons. The molecule has 0 aromatic heterocycles. The molecule has 23 heavy (non-hydrogen) atoms. The van der Waals surface area contributed by atoms with Gasteiger partial charge in [-0.2, -0.15) is 0 Å². The third-order valence-corrected chi connectivity index (χ3v) is 4.67. The van der Waals surface area contributed by atoms with E-state index in [1.807, 2.05) is 38.1 Å². The summed E-state index contributed by atoms with van der Waals surface area (Å²) in [5, 5.41) is 5.22. The molecule has 0 spiro atoms. The highest BCUT2D eigenvalue weighted by atomic mass is 16.2. The Morgan fingerprint density at radius 1 is 1.17 bits per heavy atom. The molecule has 0 unspecified atom stereocenters. The van der Waals surface area contributed by atoms with Gasteiger partial charge in [0, 0.05) is 17.7 Å². The van der Waals surface area contributed by atoms with Crippen molar-refractivity contribution in [2.75, 3.05) is 5.32 Å². The number of rotatable bonds is 4. The standard InChI is InChI=1S/C20H24N2O/c1-14-10-12-17(13-11-14)22-20(23)15(2)21-19-9-5-7-16-6-3-4-8-18(16)19/h3-4,6,8,10-13,15,19,21H,5,7,9H2,1-2H3,(H,22,23)/p+1/t15-,19-/m0/s1. The molecule has 0 saturated heterocycles. The smallest absolute Gasteiger partial charge is 0.282 e. The van der Waals surface area contributed by atoms with Crippen LogP contribution in [0.3, 0.4) is 0 Å². The molecule has 2 aromatic rings. The van der Waals surface area contributed by atoms with Crippen LogP contribution in [0.15, 0.2) is 48.5 Å². The summed E-state index contributed by atoms with van der Waals surface area (Å²) in [7, 11) is 0. The number of anilines is 1. The van der Waals surface area contributed by atoms with Crippen molar-refractivity contribution in [2.24, 2.45) is 0 Å². The van der Waals surface area contributed by atoms with Crippen molar-refractivity contribution in [1.82, 2.24) is 0 Å². The fourth-order valence-electron chi connectivity index (χ4n) is 3.32. The maximum Gasteiger partial charge on any atom is 0.282 e. The first-order chi connectivity index (χ1) is 11.1. The quantitative estimate of drug-likeness (QED) is 0.896. The first-order valence-corrected chi connectivity index (χ1v) is 8.44. The summed E-state index contributed by atoms with van der Waals surface area (Å²) in [6, 6.07) is 16.9. The van der Waals surface area contributed by atoms with Crippen molar-refractivity contribution in [2.45, 2.75) is 45.2 Å². The second-order valence-electron chi connectivity index (χ2n) is 6.53. The number of carbonyl (C=O) groups is 1. The van der Waals surface area contributed by atoms with E-state index in [0.717, 1.165) is 18.5 Å². The van der Waals surface area contributed by atoms with Gasteiger partial charge in [0.2, 0.25) is 0 Å². The third kappa shape index (κ3) is 3.80. The lowest BCUT2D eigenvalue weighted by molar-refractivity contribution is -0.714. The molecule has 1 aliphatic rings. The van der Waals surface area contributed by atoms with Gasteiger partial charge in [0.15, 0.2) is 6.04 Å². The fourth-order valence-corrected chi connectivity index (χ4v) is 3.32. The number of fused-ring (bicyclic) bond motifs is 1. The second kappa shape index (κ2) is 6.97. The van der Waals surface area contributed by atoms with Gasteiger partial charge >= 0.3 is 0 Å². The molecule has 0 heterocycles. The molecule has 3 N–H and O–H groups in total. The van der Waals surface area contributed by atoms with Crippen LogP contribution in [-0.2, 0) is 11.2 Å². The van der Waals surface area contributed by atoms with Crippen LogP contribution in [0.1, 0.15) is 42.5 Å². The van der Waals surface area contributed by atoms with Crippen LogP contribution in [0.25, 0.3) is 0 Å². The summed E-state index contributed by atoms with van der Waals surface area (Å²) >= 11 is 0. The summed E-state index contributed by atoms with van der Waals surface area (Å²) in [6.07, 6.45) is 3.49. The first kappa shape index (κ1) is 15.8. The van der Waals surface area contributed by atoms with E-state index in [1.165, 1.54) is 23.1 Å². The summed E-state index contributed by atoms with van der Waals surface area (Å²) in [4.78, 5) is 12.4. The van der Waals surface area contributed by atoms with Gasteiger partial charge in [-0.05, 0) is 44.4 Å². The largest absolute Gasteiger partial charge is 0.330 e. The lowest BCUT2D eigenvalue weighted by Gasteiger charge is -2.26. The fraction of sp³-hybridized carbons (Fsp3) is 0.350. The Bertz CT molecular complexity index is 678. The number of aryl methyl sites for hydroxylation is 2. The van der Waals surface area contributed by atoms with Crippen molar-refractivity contribution in [3.63, 3.8) is 0 Å². The van der Waals surface area contributed by atoms with Gasteiger partial charge < -0.3 is 10.6 Å². The number of benzene rings is 2. The molecule has 0 saturated carbocycles. The lowest BCUT2D eigenvalue weighted by Crippen LogP contribution is -2.92. The molecule has 0 aliphatic heterocycles. The molecule has 3 rings (SSSR count). The molecule has 1 amide bonds. The van der Waals surface area contributed by atoms with Crippen molar-refractivity contribution in [3.05, 3.63) is 65.2 Å². The summed E-state index contributed by atoms with van der Waals surface area (Å²) in [6.45, 7) is 4.03. The minimum atomic E-state index is -0.104. The maximum absolute atomic E-state index is 12.4. The molecule has 0 fully saturated rings. The van der Waals surface area contributed by atoms with E-state index in [4.69, 9.17) is 0 Å². The number of nitrogens with two attached hydrogens (primary N) is 1. The normalized spacial score (nSPS) is 18.1. The van der Waals surface area contributed by atoms with Crippen LogP contribution in [0, 0.1) is 6.92 Å². The zero-order valence-corrected chi connectivity index (χ0v) is 13.9. The minimum absolute atomic E-state index is 0.0666. The Labute approximate surface area is 138 Å². The highest BCUT2D eigenvalue weighted by molar-refractivity contribution is 5.93. The van der Waals surface area contributed by atoms with Gasteiger partial charge in [0.05, 0.1) is 0 Å². The number of hydrogen-bond donors (Lipinski definition) is 2. The van der Waals surface area contributed by atoms with Crippen molar-refractivity contribution in [3.8, 4) is 0 Å². The predicted molar refractivity (Wildman–Crippen MR) is 93.3 cm³/mol. The SMILES string of the molecule is Cc1ccc(NC(=O)[C@H](C)[NH2+][C@H]2CCCc3ccccc32)cc1. The van der Waals surface area contributed by atoms with E-state index in [-0.39, 0.29) is 11.9 Å². The van der Waals surface area contributed by atoms with Gasteiger partial charge in [0.1, 0.15) is 6.04 Å². The Morgan fingerprint density at radius 3 is 2.70 bits per heavy atom. The Balaban J connectivity index is 1.64. The number of hydrogen-bond acceptors (Lipinski definition) is 1. The lowest BCUT2D eigenvalue weighted by atomic mass is 9.87. The Kier molecular flexibility index (Phi) is 4.77. The zero-order chi connectivity index (χ0) is 16.2. The van der Waals surface area contributed by atoms with Crippen LogP contribution >= 0.6 is 0 Å². The molecule has 0 radical (unpaired) electrons. The predicted octanol–water partition coefficient (Wildman–Crippen LogP) is 2.96. The highest BCUT2D eigenvalue weighted by Gasteiger charge is 2.27. The summed E-state index contributed by atoms with van der Waals surface area (Å²) in [5.74, 6) is 0.0666. The van der Waals surface area contributed by atoms with Gasteiger partial charge in [-0.3, -0.25) is 4.79 Å². The van der Waals surface area contributed by atoms with Crippen molar-refractivity contribution < 1.29 is 10.1 Å². The van der Waals surface area contributed by atoms with Gasteiger partial charge in [-0.15, -0.1) is 0 Å². The second-order valence-corrected chi connectivity index (χ2v) is 6.53. The highest BCUT2D eigenvalue weighted by Crippen LogP contribution is 2.26. The van der Waals surface area contributed by atoms with E-state index in [2.05, 4.69) is 34.9 Å². The van der Waals surface area contributed by atoms with Crippen molar-refractivity contribution >= 4 is 11.6 Å². The Hall–Kier alpha value is -2.13. The number of nitrogens with one attached hydrogen (secondary N) is 1. The van der Waals surface area contributed by atoms with Crippen LogP contribution in [0.4, 0.5) is 5.69 Å². The van der Waals surface area contributed by atoms with Crippen molar-refractivity contribution in [1.29, 1.82) is 0 Å². The third-order valence-electron chi connectivity index (χ3n) is 4.67. The molecule has 2 atom stereocenters. The van der Waals surface area contributed by atoms with Crippen LogP contribution in [0.2, 0.25) is 0 Å². The van der Waals surface area contributed by atoms with Gasteiger partial charge in [-0.25, -0.2) is 0 Å². The van der Waals surface area contributed by atoms with Gasteiger partial charge in [-0.1, -0.05) is 42.0 Å².